The average Bonchev–Trinajstić information content (AvgIpc) is 2.67. The van der Waals surface area contributed by atoms with E-state index in [1.807, 2.05) is 0 Å². The first-order valence-electron chi connectivity index (χ1n) is 9.23. The molecule has 0 amide bonds. The highest BCUT2D eigenvalue weighted by atomic mass is 32.2. The van der Waals surface area contributed by atoms with Gasteiger partial charge in [-0.1, -0.05) is 44.0 Å². The van der Waals surface area contributed by atoms with Crippen LogP contribution in [0.25, 0.3) is 0 Å². The number of sulfonamides is 1. The molecule has 0 radical (unpaired) electrons. The second kappa shape index (κ2) is 6.69. The van der Waals surface area contributed by atoms with E-state index in [2.05, 4.69) is 11.6 Å². The third-order valence-electron chi connectivity index (χ3n) is 5.62. The fourth-order valence-electron chi connectivity index (χ4n) is 4.00. The van der Waals surface area contributed by atoms with Crippen molar-refractivity contribution in [1.29, 1.82) is 0 Å². The normalized spacial score (nSPS) is 22.3. The van der Waals surface area contributed by atoms with Gasteiger partial charge >= 0.3 is 0 Å². The van der Waals surface area contributed by atoms with Crippen molar-refractivity contribution in [2.75, 3.05) is 0 Å². The number of carbonyl (C=O) groups is 2. The Kier molecular flexibility index (Phi) is 4.48. The molecule has 2 unspecified atom stereocenters. The molecule has 5 nitrogen and oxygen atoms in total. The van der Waals surface area contributed by atoms with Crippen LogP contribution in [-0.2, 0) is 10.0 Å². The quantitative estimate of drug-likeness (QED) is 0.752. The van der Waals surface area contributed by atoms with Gasteiger partial charge < -0.3 is 0 Å². The van der Waals surface area contributed by atoms with Crippen molar-refractivity contribution >= 4 is 21.6 Å². The molecule has 4 rings (SSSR count). The fourth-order valence-corrected chi connectivity index (χ4v) is 5.41. The molecule has 0 aromatic heterocycles. The Morgan fingerprint density at radius 3 is 2.11 bits per heavy atom. The van der Waals surface area contributed by atoms with E-state index in [0.29, 0.717) is 11.1 Å². The van der Waals surface area contributed by atoms with E-state index in [1.54, 1.807) is 24.3 Å². The van der Waals surface area contributed by atoms with E-state index in [1.165, 1.54) is 18.2 Å². The van der Waals surface area contributed by atoms with Crippen molar-refractivity contribution in [2.24, 2.45) is 5.92 Å². The average molecular weight is 383 g/mol. The first kappa shape index (κ1) is 18.1. The Hall–Kier alpha value is -2.31. The van der Waals surface area contributed by atoms with Crippen LogP contribution < -0.4 is 4.72 Å². The number of carbonyl (C=O) groups excluding carboxylic acids is 2. The summed E-state index contributed by atoms with van der Waals surface area (Å²) in [4.78, 5) is 25.5. The Morgan fingerprint density at radius 1 is 0.852 bits per heavy atom. The second-order valence-electron chi connectivity index (χ2n) is 7.40. The maximum atomic E-state index is 12.9. The maximum absolute atomic E-state index is 12.9. The van der Waals surface area contributed by atoms with E-state index >= 15 is 0 Å². The molecule has 2 aromatic rings. The van der Waals surface area contributed by atoms with Crippen molar-refractivity contribution in [2.45, 2.75) is 43.5 Å². The molecule has 2 aliphatic carbocycles. The molecule has 1 N–H and O–H groups in total. The zero-order valence-corrected chi connectivity index (χ0v) is 15.9. The SMILES string of the molecule is CC1CCCCC1NS(=O)(=O)c1ccc2c(c1)C(=O)c1ccccc1C2=O. The fraction of sp³-hybridized carbons (Fsp3) is 0.333. The predicted octanol–water partition coefficient (Wildman–Crippen LogP) is 3.32. The number of fused-ring (bicyclic) bond motifs is 2. The molecule has 0 spiro atoms. The van der Waals surface area contributed by atoms with Crippen LogP contribution in [0, 0.1) is 5.92 Å². The van der Waals surface area contributed by atoms with Gasteiger partial charge in [-0.05, 0) is 37.0 Å². The van der Waals surface area contributed by atoms with Crippen molar-refractivity contribution in [3.05, 3.63) is 64.7 Å². The second-order valence-corrected chi connectivity index (χ2v) is 9.11. The summed E-state index contributed by atoms with van der Waals surface area (Å²) < 4.78 is 28.5. The molecule has 27 heavy (non-hydrogen) atoms. The first-order chi connectivity index (χ1) is 12.9. The van der Waals surface area contributed by atoms with Crippen LogP contribution in [0.2, 0.25) is 0 Å². The molecule has 0 aliphatic heterocycles. The van der Waals surface area contributed by atoms with Gasteiger partial charge in [0.05, 0.1) is 4.90 Å². The third-order valence-corrected chi connectivity index (χ3v) is 7.11. The van der Waals surface area contributed by atoms with Gasteiger partial charge in [-0.15, -0.1) is 0 Å². The maximum Gasteiger partial charge on any atom is 0.240 e. The number of hydrogen-bond acceptors (Lipinski definition) is 4. The molecular weight excluding hydrogens is 362 g/mol. The molecule has 2 aromatic carbocycles. The summed E-state index contributed by atoms with van der Waals surface area (Å²) in [7, 11) is -3.76. The van der Waals surface area contributed by atoms with Gasteiger partial charge in [-0.3, -0.25) is 9.59 Å². The number of benzene rings is 2. The standard InChI is InChI=1S/C21H21NO4S/c1-13-6-2-5-9-19(13)22-27(25,26)14-10-11-17-18(12-14)21(24)16-8-4-3-7-15(16)20(17)23/h3-4,7-8,10-13,19,22H,2,5-6,9H2,1H3. The van der Waals surface area contributed by atoms with Gasteiger partial charge in [0.25, 0.3) is 0 Å². The first-order valence-corrected chi connectivity index (χ1v) is 10.7. The lowest BCUT2D eigenvalue weighted by atomic mass is 9.84. The molecule has 1 saturated carbocycles. The molecule has 0 saturated heterocycles. The van der Waals surface area contributed by atoms with Gasteiger partial charge in [0, 0.05) is 28.3 Å². The van der Waals surface area contributed by atoms with Crippen molar-refractivity contribution in [3.63, 3.8) is 0 Å². The highest BCUT2D eigenvalue weighted by Crippen LogP contribution is 2.30. The predicted molar refractivity (Wildman–Crippen MR) is 101 cm³/mol. The molecule has 0 heterocycles. The van der Waals surface area contributed by atoms with E-state index in [-0.39, 0.29) is 39.5 Å². The minimum atomic E-state index is -3.76. The van der Waals surface area contributed by atoms with E-state index in [9.17, 15) is 18.0 Å². The van der Waals surface area contributed by atoms with E-state index in [0.717, 1.165) is 25.7 Å². The molecule has 0 bridgehead atoms. The van der Waals surface area contributed by atoms with Crippen LogP contribution in [0.5, 0.6) is 0 Å². The highest BCUT2D eigenvalue weighted by Gasteiger charge is 2.32. The lowest BCUT2D eigenvalue weighted by Crippen LogP contribution is -2.41. The Labute approximate surface area is 158 Å². The van der Waals surface area contributed by atoms with Gasteiger partial charge in [0.1, 0.15) is 0 Å². The summed E-state index contributed by atoms with van der Waals surface area (Å²) in [5.74, 6) is -0.289. The summed E-state index contributed by atoms with van der Waals surface area (Å²) in [6, 6.07) is 10.7. The molecule has 6 heteroatoms. The zero-order chi connectivity index (χ0) is 19.2. The van der Waals surface area contributed by atoms with Gasteiger partial charge in [-0.25, -0.2) is 13.1 Å². The van der Waals surface area contributed by atoms with Crippen molar-refractivity contribution in [3.8, 4) is 0 Å². The Balaban J connectivity index is 1.70. The largest absolute Gasteiger partial charge is 0.289 e. The van der Waals surface area contributed by atoms with Crippen LogP contribution in [0.15, 0.2) is 47.4 Å². The van der Waals surface area contributed by atoms with Gasteiger partial charge in [0.2, 0.25) is 10.0 Å². The third kappa shape index (κ3) is 3.13. The molecule has 140 valence electrons. The van der Waals surface area contributed by atoms with E-state index in [4.69, 9.17) is 0 Å². The van der Waals surface area contributed by atoms with Crippen LogP contribution in [0.4, 0.5) is 0 Å². The van der Waals surface area contributed by atoms with Crippen LogP contribution in [-0.4, -0.2) is 26.0 Å². The molecule has 2 atom stereocenters. The van der Waals surface area contributed by atoms with Crippen molar-refractivity contribution < 1.29 is 18.0 Å². The lowest BCUT2D eigenvalue weighted by Gasteiger charge is -2.29. The number of nitrogens with one attached hydrogen (secondary N) is 1. The van der Waals surface area contributed by atoms with E-state index < -0.39 is 10.0 Å². The van der Waals surface area contributed by atoms with Crippen LogP contribution >= 0.6 is 0 Å². The number of hydrogen-bond donors (Lipinski definition) is 1. The summed E-state index contributed by atoms with van der Waals surface area (Å²) in [5.41, 5.74) is 1.08. The smallest absolute Gasteiger partial charge is 0.240 e. The minimum absolute atomic E-state index is 0.0274. The molecule has 1 fully saturated rings. The topological polar surface area (TPSA) is 80.3 Å². The molecule has 2 aliphatic rings. The summed E-state index contributed by atoms with van der Waals surface area (Å²) in [6.45, 7) is 2.05. The highest BCUT2D eigenvalue weighted by molar-refractivity contribution is 7.89. The Morgan fingerprint density at radius 2 is 1.44 bits per heavy atom. The van der Waals surface area contributed by atoms with Crippen LogP contribution in [0.1, 0.15) is 64.4 Å². The summed E-state index contributed by atoms with van der Waals surface area (Å²) in [6.07, 6.45) is 3.94. The molecular formula is C21H21NO4S. The summed E-state index contributed by atoms with van der Waals surface area (Å²) in [5, 5.41) is 0. The minimum Gasteiger partial charge on any atom is -0.289 e. The van der Waals surface area contributed by atoms with Gasteiger partial charge in [0.15, 0.2) is 11.6 Å². The van der Waals surface area contributed by atoms with Gasteiger partial charge in [-0.2, -0.15) is 0 Å². The zero-order valence-electron chi connectivity index (χ0n) is 15.1. The number of rotatable bonds is 3. The Bertz CT molecular complexity index is 1040. The van der Waals surface area contributed by atoms with Crippen LogP contribution in [0.3, 0.4) is 0 Å². The lowest BCUT2D eigenvalue weighted by molar-refractivity contribution is 0.0979. The number of ketones is 2. The van der Waals surface area contributed by atoms with Crippen molar-refractivity contribution in [1.82, 2.24) is 4.72 Å². The monoisotopic (exact) mass is 383 g/mol. The summed E-state index contributed by atoms with van der Waals surface area (Å²) >= 11 is 0.